The van der Waals surface area contributed by atoms with Gasteiger partial charge in [0.05, 0.1) is 18.2 Å². The maximum absolute atomic E-state index is 13.2. The van der Waals surface area contributed by atoms with E-state index in [4.69, 9.17) is 5.11 Å². The van der Waals surface area contributed by atoms with E-state index in [2.05, 4.69) is 17.6 Å². The van der Waals surface area contributed by atoms with Gasteiger partial charge in [0.1, 0.15) is 0 Å². The third-order valence-electron chi connectivity index (χ3n) is 4.77. The Kier molecular flexibility index (Phi) is 8.35. The Hall–Kier alpha value is -1.63. The van der Waals surface area contributed by atoms with Gasteiger partial charge in [-0.1, -0.05) is 19.9 Å². The van der Waals surface area contributed by atoms with E-state index in [-0.39, 0.29) is 29.9 Å². The van der Waals surface area contributed by atoms with Crippen molar-refractivity contribution < 1.29 is 20.1 Å². The number of rotatable bonds is 11. The first kappa shape index (κ1) is 21.4. The van der Waals surface area contributed by atoms with Gasteiger partial charge >= 0.3 is 0 Å². The second-order valence-electron chi connectivity index (χ2n) is 6.76. The molecule has 3 unspecified atom stereocenters. The minimum Gasteiger partial charge on any atom is -0.504 e. The molecule has 0 saturated carbocycles. The number of hydrogen-bond acceptors (Lipinski definition) is 6. The molecule has 0 fully saturated rings. The second-order valence-corrected chi connectivity index (χ2v) is 6.76. The van der Waals surface area contributed by atoms with Gasteiger partial charge in [-0.25, -0.2) is 0 Å². The molecule has 0 aliphatic carbocycles. The molecule has 1 aromatic carbocycles. The maximum Gasteiger partial charge on any atom is 0.169 e. The number of aliphatic hydroxyl groups is 1. The lowest BCUT2D eigenvalue weighted by Crippen LogP contribution is -2.58. The molecule has 5 N–H and O–H groups in total. The number of benzene rings is 1. The van der Waals surface area contributed by atoms with Crippen molar-refractivity contribution in [1.82, 2.24) is 10.6 Å². The number of carbonyl (C=O) groups excluding carboxylic acids is 1. The summed E-state index contributed by atoms with van der Waals surface area (Å²) in [6.45, 7) is 8.19. The molecule has 0 aliphatic rings. The van der Waals surface area contributed by atoms with Gasteiger partial charge in [-0.3, -0.25) is 4.79 Å². The highest BCUT2D eigenvalue weighted by atomic mass is 16.3. The van der Waals surface area contributed by atoms with Crippen LogP contribution in [0, 0.1) is 0 Å². The molecule has 0 amide bonds. The molecule has 6 nitrogen and oxygen atoms in total. The Morgan fingerprint density at radius 2 is 1.92 bits per heavy atom. The van der Waals surface area contributed by atoms with Crippen LogP contribution in [0.2, 0.25) is 0 Å². The van der Waals surface area contributed by atoms with Crippen molar-refractivity contribution in [2.24, 2.45) is 0 Å². The molecule has 6 heteroatoms. The van der Waals surface area contributed by atoms with Crippen molar-refractivity contribution in [3.8, 4) is 11.5 Å². The van der Waals surface area contributed by atoms with E-state index in [9.17, 15) is 15.0 Å². The van der Waals surface area contributed by atoms with Gasteiger partial charge in [-0.15, -0.1) is 0 Å². The molecule has 142 valence electrons. The molecular weight excluding hydrogens is 320 g/mol. The zero-order chi connectivity index (χ0) is 19.0. The Labute approximate surface area is 150 Å². The number of β-amino-alcohol motifs (C(OH)–C–C–N with tert-alkyl or cyclic N) is 1. The number of phenols is 2. The standard InChI is InChI=1S/C19H32N2O4/c1-5-13(3)21-15(11-14-7-8-16(23)17(24)12-14)18(25)19(4,6-2)20-9-10-22/h7-8,12-13,15,20-24H,5-6,9-11H2,1-4H3. The first-order valence-corrected chi connectivity index (χ1v) is 8.94. The highest BCUT2D eigenvalue weighted by molar-refractivity contribution is 5.93. The zero-order valence-electron chi connectivity index (χ0n) is 15.7. The van der Waals surface area contributed by atoms with E-state index in [1.54, 1.807) is 6.07 Å². The van der Waals surface area contributed by atoms with Crippen molar-refractivity contribution in [3.63, 3.8) is 0 Å². The van der Waals surface area contributed by atoms with Crippen LogP contribution in [-0.2, 0) is 11.2 Å². The summed E-state index contributed by atoms with van der Waals surface area (Å²) in [6.07, 6.45) is 1.90. The van der Waals surface area contributed by atoms with Crippen molar-refractivity contribution >= 4 is 5.78 Å². The predicted octanol–water partition coefficient (Wildman–Crippen LogP) is 1.72. The fraction of sp³-hybridized carbons (Fsp3) is 0.632. The summed E-state index contributed by atoms with van der Waals surface area (Å²) < 4.78 is 0. The van der Waals surface area contributed by atoms with Gasteiger partial charge in [-0.2, -0.15) is 0 Å². The topological polar surface area (TPSA) is 102 Å². The Morgan fingerprint density at radius 3 is 2.44 bits per heavy atom. The van der Waals surface area contributed by atoms with Gasteiger partial charge in [0.2, 0.25) is 0 Å². The first-order valence-electron chi connectivity index (χ1n) is 8.94. The predicted molar refractivity (Wildman–Crippen MR) is 98.9 cm³/mol. The third-order valence-corrected chi connectivity index (χ3v) is 4.77. The summed E-state index contributed by atoms with van der Waals surface area (Å²) in [5.41, 5.74) is 0.0253. The van der Waals surface area contributed by atoms with E-state index < -0.39 is 11.6 Å². The Morgan fingerprint density at radius 1 is 1.24 bits per heavy atom. The minimum absolute atomic E-state index is 0.0244. The molecule has 0 saturated heterocycles. The quantitative estimate of drug-likeness (QED) is 0.389. The molecule has 0 aliphatic heterocycles. The van der Waals surface area contributed by atoms with Crippen LogP contribution in [0.1, 0.15) is 46.1 Å². The van der Waals surface area contributed by atoms with Crippen molar-refractivity contribution in [2.45, 2.75) is 64.6 Å². The summed E-state index contributed by atoms with van der Waals surface area (Å²) in [5, 5.41) is 34.8. The van der Waals surface area contributed by atoms with Crippen molar-refractivity contribution in [2.75, 3.05) is 13.2 Å². The Balaban J connectivity index is 3.05. The van der Waals surface area contributed by atoms with Gasteiger partial charge in [0.15, 0.2) is 17.3 Å². The largest absolute Gasteiger partial charge is 0.504 e. The average Bonchev–Trinajstić information content (AvgIpc) is 2.61. The minimum atomic E-state index is -0.743. The normalized spacial score (nSPS) is 16.2. The van der Waals surface area contributed by atoms with Gasteiger partial charge in [0.25, 0.3) is 0 Å². The molecule has 1 aromatic rings. The van der Waals surface area contributed by atoms with Gasteiger partial charge < -0.3 is 26.0 Å². The fourth-order valence-corrected chi connectivity index (χ4v) is 2.72. The second kappa shape index (κ2) is 9.75. The lowest BCUT2D eigenvalue weighted by Gasteiger charge is -2.33. The summed E-state index contributed by atoms with van der Waals surface area (Å²) in [7, 11) is 0. The molecule has 0 aromatic heterocycles. The van der Waals surface area contributed by atoms with Crippen molar-refractivity contribution in [3.05, 3.63) is 23.8 Å². The van der Waals surface area contributed by atoms with Crippen molar-refractivity contribution in [1.29, 1.82) is 0 Å². The molecular formula is C19H32N2O4. The Bertz CT molecular complexity index is 564. The third kappa shape index (κ3) is 5.99. The van der Waals surface area contributed by atoms with Crippen LogP contribution < -0.4 is 10.6 Å². The number of phenolic OH excluding ortho intramolecular Hbond substituents is 2. The number of nitrogens with one attached hydrogen (secondary N) is 2. The van der Waals surface area contributed by atoms with E-state index in [1.807, 2.05) is 20.8 Å². The van der Waals surface area contributed by atoms with Crippen LogP contribution in [-0.4, -0.2) is 51.9 Å². The molecule has 25 heavy (non-hydrogen) atoms. The summed E-state index contributed by atoms with van der Waals surface area (Å²) >= 11 is 0. The summed E-state index contributed by atoms with van der Waals surface area (Å²) in [5.74, 6) is -0.343. The molecule has 0 heterocycles. The summed E-state index contributed by atoms with van der Waals surface area (Å²) in [4.78, 5) is 13.2. The van der Waals surface area contributed by atoms with E-state index in [1.165, 1.54) is 12.1 Å². The first-order chi connectivity index (χ1) is 11.8. The van der Waals surface area contributed by atoms with Crippen LogP contribution in [0.4, 0.5) is 0 Å². The smallest absolute Gasteiger partial charge is 0.169 e. The summed E-state index contributed by atoms with van der Waals surface area (Å²) in [6, 6.07) is 4.35. The molecule has 3 atom stereocenters. The van der Waals surface area contributed by atoms with Crippen LogP contribution in [0.15, 0.2) is 18.2 Å². The number of carbonyl (C=O) groups is 1. The fourth-order valence-electron chi connectivity index (χ4n) is 2.72. The maximum atomic E-state index is 13.2. The number of hydrogen-bond donors (Lipinski definition) is 5. The number of aliphatic hydroxyl groups excluding tert-OH is 1. The molecule has 1 rings (SSSR count). The van der Waals surface area contributed by atoms with Gasteiger partial charge in [-0.05, 0) is 50.8 Å². The van der Waals surface area contributed by atoms with Crippen LogP contribution >= 0.6 is 0 Å². The zero-order valence-corrected chi connectivity index (χ0v) is 15.7. The van der Waals surface area contributed by atoms with Crippen LogP contribution in [0.3, 0.4) is 0 Å². The molecule has 0 spiro atoms. The SMILES string of the molecule is CCC(C)NC(Cc1ccc(O)c(O)c1)C(=O)C(C)(CC)NCCO. The number of ketones is 1. The number of aromatic hydroxyl groups is 2. The van der Waals surface area contributed by atoms with E-state index in [0.717, 1.165) is 12.0 Å². The lowest BCUT2D eigenvalue weighted by molar-refractivity contribution is -0.127. The molecule has 0 radical (unpaired) electrons. The van der Waals surface area contributed by atoms with E-state index >= 15 is 0 Å². The number of Topliss-reactive ketones (excluding diaryl/α,β-unsaturated/α-hetero) is 1. The van der Waals surface area contributed by atoms with Gasteiger partial charge in [0, 0.05) is 12.6 Å². The van der Waals surface area contributed by atoms with E-state index in [0.29, 0.717) is 19.4 Å². The highest BCUT2D eigenvalue weighted by Gasteiger charge is 2.36. The van der Waals surface area contributed by atoms with Crippen LogP contribution in [0.25, 0.3) is 0 Å². The highest BCUT2D eigenvalue weighted by Crippen LogP contribution is 2.26. The molecule has 0 bridgehead atoms. The average molecular weight is 352 g/mol. The monoisotopic (exact) mass is 352 g/mol. The van der Waals surface area contributed by atoms with Crippen LogP contribution in [0.5, 0.6) is 11.5 Å². The lowest BCUT2D eigenvalue weighted by atomic mass is 9.85.